The molecule has 9 heteroatoms. The number of hydrogen-bond acceptors (Lipinski definition) is 4. The maximum Gasteiger partial charge on any atom is 0.270 e. The Hall–Kier alpha value is -3.33. The molecule has 0 bridgehead atoms. The number of hydrogen-bond donors (Lipinski definition) is 1. The molecule has 0 radical (unpaired) electrons. The summed E-state index contributed by atoms with van der Waals surface area (Å²) < 4.78 is 40.8. The van der Waals surface area contributed by atoms with E-state index in [0.29, 0.717) is 6.07 Å². The number of carbonyl (C=O) groups excluding carboxylic acids is 1. The normalized spacial score (nSPS) is 10.5. The van der Waals surface area contributed by atoms with Gasteiger partial charge in [-0.2, -0.15) is 0 Å². The summed E-state index contributed by atoms with van der Waals surface area (Å²) in [5.41, 5.74) is -0.798. The first-order valence-electron chi connectivity index (χ1n) is 7.82. The van der Waals surface area contributed by atoms with Crippen LogP contribution >= 0.6 is 11.8 Å². The van der Waals surface area contributed by atoms with Gasteiger partial charge in [0.25, 0.3) is 11.6 Å². The Labute approximate surface area is 161 Å². The lowest BCUT2D eigenvalue weighted by Crippen LogP contribution is -2.14. The van der Waals surface area contributed by atoms with Crippen LogP contribution in [0.25, 0.3) is 0 Å². The second kappa shape index (κ2) is 8.13. The average molecular weight is 404 g/mol. The molecule has 3 rings (SSSR count). The van der Waals surface area contributed by atoms with Crippen LogP contribution in [0, 0.1) is 27.6 Å². The fourth-order valence-corrected chi connectivity index (χ4v) is 3.27. The molecule has 0 aliphatic carbocycles. The number of nitrogens with zero attached hydrogens (tertiary/aromatic N) is 1. The van der Waals surface area contributed by atoms with Crippen LogP contribution in [-0.2, 0) is 0 Å². The molecule has 0 saturated carbocycles. The Morgan fingerprint density at radius 1 is 0.929 bits per heavy atom. The van der Waals surface area contributed by atoms with Crippen LogP contribution in [0.5, 0.6) is 0 Å². The van der Waals surface area contributed by atoms with Gasteiger partial charge in [-0.1, -0.05) is 23.9 Å². The molecule has 28 heavy (non-hydrogen) atoms. The van der Waals surface area contributed by atoms with E-state index in [1.165, 1.54) is 30.3 Å². The van der Waals surface area contributed by atoms with Gasteiger partial charge in [0.2, 0.25) is 0 Å². The van der Waals surface area contributed by atoms with Gasteiger partial charge in [0.15, 0.2) is 0 Å². The van der Waals surface area contributed by atoms with Gasteiger partial charge in [-0.15, -0.1) is 0 Å². The minimum atomic E-state index is -0.998. The molecule has 3 aromatic rings. The minimum Gasteiger partial charge on any atom is -0.319 e. The highest BCUT2D eigenvalue weighted by molar-refractivity contribution is 7.99. The van der Waals surface area contributed by atoms with Crippen molar-refractivity contribution in [2.45, 2.75) is 9.79 Å². The van der Waals surface area contributed by atoms with E-state index < -0.39 is 28.3 Å². The van der Waals surface area contributed by atoms with Crippen molar-refractivity contribution in [2.75, 3.05) is 5.32 Å². The second-order valence-corrected chi connectivity index (χ2v) is 6.63. The van der Waals surface area contributed by atoms with Gasteiger partial charge >= 0.3 is 0 Å². The van der Waals surface area contributed by atoms with Gasteiger partial charge in [-0.25, -0.2) is 13.2 Å². The lowest BCUT2D eigenvalue weighted by Gasteiger charge is -2.11. The maximum absolute atomic E-state index is 13.9. The predicted octanol–water partition coefficient (Wildman–Crippen LogP) is 5.42. The molecule has 0 unspecified atom stereocenters. The lowest BCUT2D eigenvalue weighted by molar-refractivity contribution is -0.384. The quantitative estimate of drug-likeness (QED) is 0.456. The van der Waals surface area contributed by atoms with Crippen LogP contribution in [0.15, 0.2) is 70.5 Å². The smallest absolute Gasteiger partial charge is 0.270 e. The lowest BCUT2D eigenvalue weighted by atomic mass is 10.1. The van der Waals surface area contributed by atoms with Crippen LogP contribution < -0.4 is 5.32 Å². The van der Waals surface area contributed by atoms with Crippen molar-refractivity contribution in [1.82, 2.24) is 0 Å². The molecule has 0 aliphatic rings. The summed E-state index contributed by atoms with van der Waals surface area (Å²) in [5, 5.41) is 13.3. The number of amides is 1. The molecule has 0 atom stereocenters. The van der Waals surface area contributed by atoms with E-state index in [4.69, 9.17) is 0 Å². The third kappa shape index (κ3) is 4.32. The van der Waals surface area contributed by atoms with Crippen molar-refractivity contribution in [3.63, 3.8) is 0 Å². The van der Waals surface area contributed by atoms with Gasteiger partial charge in [-0.3, -0.25) is 14.9 Å². The van der Waals surface area contributed by atoms with Gasteiger partial charge < -0.3 is 5.32 Å². The molecule has 0 aromatic heterocycles. The number of non-ortho nitro benzene ring substituents is 1. The molecule has 0 saturated heterocycles. The van der Waals surface area contributed by atoms with Crippen LogP contribution in [0.2, 0.25) is 0 Å². The average Bonchev–Trinajstić information content (AvgIpc) is 2.66. The zero-order valence-electron chi connectivity index (χ0n) is 14.0. The Morgan fingerprint density at radius 3 is 2.36 bits per heavy atom. The summed E-state index contributed by atoms with van der Waals surface area (Å²) in [6.45, 7) is 0. The summed E-state index contributed by atoms with van der Waals surface area (Å²) in [5.74, 6) is -3.20. The van der Waals surface area contributed by atoms with Crippen LogP contribution in [0.4, 0.5) is 24.5 Å². The SMILES string of the molecule is O=C(Nc1ccc(F)cc1F)c1cc([N+](=O)[O-])ccc1Sc1ccccc1F. The number of nitrogens with one attached hydrogen (secondary N) is 1. The molecular formula is C19H11F3N2O3S. The van der Waals surface area contributed by atoms with E-state index in [1.807, 2.05) is 0 Å². The maximum atomic E-state index is 13.9. The first-order valence-corrected chi connectivity index (χ1v) is 8.64. The summed E-state index contributed by atoms with van der Waals surface area (Å²) in [4.78, 5) is 23.4. The van der Waals surface area contributed by atoms with E-state index in [-0.39, 0.29) is 26.7 Å². The van der Waals surface area contributed by atoms with E-state index in [9.17, 15) is 28.1 Å². The molecular weight excluding hydrogens is 393 g/mol. The molecule has 5 nitrogen and oxygen atoms in total. The molecule has 0 spiro atoms. The Bertz CT molecular complexity index is 1080. The Balaban J connectivity index is 1.98. The van der Waals surface area contributed by atoms with E-state index in [1.54, 1.807) is 6.07 Å². The van der Waals surface area contributed by atoms with Gasteiger partial charge in [0.05, 0.1) is 16.2 Å². The van der Waals surface area contributed by atoms with E-state index in [0.717, 1.165) is 30.0 Å². The molecule has 1 N–H and O–H groups in total. The van der Waals surface area contributed by atoms with Crippen molar-refractivity contribution < 1.29 is 22.9 Å². The predicted molar refractivity (Wildman–Crippen MR) is 97.9 cm³/mol. The molecule has 0 aliphatic heterocycles. The Morgan fingerprint density at radius 2 is 1.68 bits per heavy atom. The Kier molecular flexibility index (Phi) is 5.65. The van der Waals surface area contributed by atoms with Crippen molar-refractivity contribution in [2.24, 2.45) is 0 Å². The van der Waals surface area contributed by atoms with Gasteiger partial charge in [0, 0.05) is 28.0 Å². The molecule has 142 valence electrons. The van der Waals surface area contributed by atoms with Crippen molar-refractivity contribution >= 4 is 29.0 Å². The first-order chi connectivity index (χ1) is 13.3. The molecule has 0 heterocycles. The molecule has 1 amide bonds. The first kappa shape index (κ1) is 19.4. The highest BCUT2D eigenvalue weighted by atomic mass is 32.2. The third-order valence-electron chi connectivity index (χ3n) is 3.65. The summed E-state index contributed by atoms with van der Waals surface area (Å²) in [6, 6.07) is 11.9. The third-order valence-corrected chi connectivity index (χ3v) is 4.78. The van der Waals surface area contributed by atoms with Crippen molar-refractivity contribution in [3.05, 3.63) is 93.8 Å². The highest BCUT2D eigenvalue weighted by Crippen LogP contribution is 2.34. The standard InChI is InChI=1S/C19H11F3N2O3S/c20-11-5-7-16(15(22)9-11)23-19(25)13-10-12(24(26)27)6-8-17(13)28-18-4-2-1-3-14(18)21/h1-10H,(H,23,25). The van der Waals surface area contributed by atoms with Crippen molar-refractivity contribution in [1.29, 1.82) is 0 Å². The zero-order chi connectivity index (χ0) is 20.3. The van der Waals surface area contributed by atoms with Crippen molar-refractivity contribution in [3.8, 4) is 0 Å². The second-order valence-electron chi connectivity index (χ2n) is 5.55. The molecule has 0 fully saturated rings. The number of rotatable bonds is 5. The monoisotopic (exact) mass is 404 g/mol. The van der Waals surface area contributed by atoms with Gasteiger partial charge in [0.1, 0.15) is 17.5 Å². The summed E-state index contributed by atoms with van der Waals surface area (Å²) in [6.07, 6.45) is 0. The van der Waals surface area contributed by atoms with Gasteiger partial charge in [-0.05, 0) is 30.3 Å². The number of anilines is 1. The number of carbonyl (C=O) groups is 1. The number of benzene rings is 3. The zero-order valence-corrected chi connectivity index (χ0v) is 14.8. The summed E-state index contributed by atoms with van der Waals surface area (Å²) in [7, 11) is 0. The summed E-state index contributed by atoms with van der Waals surface area (Å²) >= 11 is 0.895. The number of halogens is 3. The fraction of sp³-hybridized carbons (Fsp3) is 0. The number of nitro groups is 1. The highest BCUT2D eigenvalue weighted by Gasteiger charge is 2.19. The topological polar surface area (TPSA) is 72.2 Å². The largest absolute Gasteiger partial charge is 0.319 e. The van der Waals surface area contributed by atoms with Crippen LogP contribution in [0.1, 0.15) is 10.4 Å². The van der Waals surface area contributed by atoms with Crippen LogP contribution in [-0.4, -0.2) is 10.8 Å². The number of nitro benzene ring substituents is 1. The van der Waals surface area contributed by atoms with E-state index >= 15 is 0 Å². The van der Waals surface area contributed by atoms with E-state index in [2.05, 4.69) is 5.32 Å². The van der Waals surface area contributed by atoms with Crippen LogP contribution in [0.3, 0.4) is 0 Å². The molecule has 3 aromatic carbocycles. The fourth-order valence-electron chi connectivity index (χ4n) is 2.32. The minimum absolute atomic E-state index is 0.147.